The third-order valence-electron chi connectivity index (χ3n) is 4.22. The maximum Gasteiger partial charge on any atom is 0.230 e. The standard InChI is InChI=1S/C21H20N2OS3/c1-14-4-2-5-15(10-14)20-23-18(13-27-20)12-19(24)22-17-7-3-6-16(11-17)21-25-8-9-26-21/h2-7,10-11,13,21H,8-9,12H2,1H3,(H,22,24). The molecule has 0 radical (unpaired) electrons. The lowest BCUT2D eigenvalue weighted by atomic mass is 10.1. The van der Waals surface area contributed by atoms with Gasteiger partial charge >= 0.3 is 0 Å². The quantitative estimate of drug-likeness (QED) is 0.577. The van der Waals surface area contributed by atoms with E-state index in [9.17, 15) is 4.79 Å². The van der Waals surface area contributed by atoms with Crippen molar-refractivity contribution in [3.05, 3.63) is 70.7 Å². The minimum Gasteiger partial charge on any atom is -0.326 e. The van der Waals surface area contributed by atoms with Gasteiger partial charge in [-0.1, -0.05) is 35.9 Å². The minimum absolute atomic E-state index is 0.0278. The van der Waals surface area contributed by atoms with E-state index >= 15 is 0 Å². The van der Waals surface area contributed by atoms with E-state index in [4.69, 9.17) is 0 Å². The van der Waals surface area contributed by atoms with E-state index in [0.717, 1.165) is 22.0 Å². The summed E-state index contributed by atoms with van der Waals surface area (Å²) in [6.07, 6.45) is 0.291. The highest BCUT2D eigenvalue weighted by Gasteiger charge is 2.18. The predicted molar refractivity (Wildman–Crippen MR) is 119 cm³/mol. The first kappa shape index (κ1) is 18.6. The van der Waals surface area contributed by atoms with Crippen LogP contribution >= 0.6 is 34.9 Å². The second-order valence-electron chi connectivity index (χ2n) is 6.44. The van der Waals surface area contributed by atoms with Gasteiger partial charge in [0.15, 0.2) is 0 Å². The number of benzene rings is 2. The Morgan fingerprint density at radius 3 is 2.78 bits per heavy atom. The number of rotatable bonds is 5. The van der Waals surface area contributed by atoms with Crippen LogP contribution in [0.3, 0.4) is 0 Å². The van der Waals surface area contributed by atoms with Crippen LogP contribution in [0.1, 0.15) is 21.4 Å². The number of hydrogen-bond donors (Lipinski definition) is 1. The maximum absolute atomic E-state index is 12.5. The largest absolute Gasteiger partial charge is 0.326 e. The number of amides is 1. The van der Waals surface area contributed by atoms with Crippen LogP contribution in [0.15, 0.2) is 53.9 Å². The molecule has 2 aromatic carbocycles. The van der Waals surface area contributed by atoms with Crippen LogP contribution < -0.4 is 5.32 Å². The molecule has 1 N–H and O–H groups in total. The minimum atomic E-state index is -0.0278. The van der Waals surface area contributed by atoms with E-state index in [1.165, 1.54) is 22.6 Å². The van der Waals surface area contributed by atoms with Crippen LogP contribution in [0.25, 0.3) is 10.6 Å². The lowest BCUT2D eigenvalue weighted by Crippen LogP contribution is -2.14. The van der Waals surface area contributed by atoms with Gasteiger partial charge in [0.05, 0.1) is 16.7 Å². The third-order valence-corrected chi connectivity index (χ3v) is 8.27. The topological polar surface area (TPSA) is 42.0 Å². The number of nitrogens with one attached hydrogen (secondary N) is 1. The molecular formula is C21H20N2OS3. The van der Waals surface area contributed by atoms with Gasteiger partial charge in [-0.05, 0) is 30.7 Å². The van der Waals surface area contributed by atoms with Crippen LogP contribution in [-0.2, 0) is 11.2 Å². The van der Waals surface area contributed by atoms with Crippen molar-refractivity contribution in [2.45, 2.75) is 17.9 Å². The smallest absolute Gasteiger partial charge is 0.230 e. The summed E-state index contributed by atoms with van der Waals surface area (Å²) in [5, 5.41) is 5.95. The van der Waals surface area contributed by atoms with E-state index in [-0.39, 0.29) is 5.91 Å². The number of thioether (sulfide) groups is 2. The van der Waals surface area contributed by atoms with Crippen LogP contribution in [0.2, 0.25) is 0 Å². The first-order chi connectivity index (χ1) is 13.2. The molecule has 1 aliphatic rings. The molecule has 0 saturated carbocycles. The number of hydrogen-bond acceptors (Lipinski definition) is 5. The molecule has 1 amide bonds. The second-order valence-corrected chi connectivity index (χ2v) is 10.0. The summed E-state index contributed by atoms with van der Waals surface area (Å²) in [7, 11) is 0. The van der Waals surface area contributed by atoms with Crippen molar-refractivity contribution >= 4 is 46.5 Å². The molecule has 1 saturated heterocycles. The number of thiazole rings is 1. The zero-order chi connectivity index (χ0) is 18.6. The van der Waals surface area contributed by atoms with Crippen LogP contribution in [-0.4, -0.2) is 22.4 Å². The normalized spacial score (nSPS) is 14.4. The summed E-state index contributed by atoms with van der Waals surface area (Å²) in [4.78, 5) is 17.1. The zero-order valence-electron chi connectivity index (χ0n) is 15.0. The Morgan fingerprint density at radius 2 is 1.96 bits per heavy atom. The molecule has 2 heterocycles. The van der Waals surface area contributed by atoms with Gasteiger partial charge in [-0.25, -0.2) is 4.98 Å². The van der Waals surface area contributed by atoms with E-state index in [2.05, 4.69) is 47.6 Å². The van der Waals surface area contributed by atoms with Gasteiger partial charge in [0.2, 0.25) is 5.91 Å². The molecular weight excluding hydrogens is 392 g/mol. The molecule has 1 fully saturated rings. The molecule has 4 rings (SSSR count). The van der Waals surface area contributed by atoms with Gasteiger partial charge < -0.3 is 5.32 Å². The highest BCUT2D eigenvalue weighted by Crippen LogP contribution is 2.45. The number of aryl methyl sites for hydroxylation is 1. The fraction of sp³-hybridized carbons (Fsp3) is 0.238. The van der Waals surface area contributed by atoms with Gasteiger partial charge in [-0.15, -0.1) is 34.9 Å². The fourth-order valence-electron chi connectivity index (χ4n) is 2.98. The third kappa shape index (κ3) is 4.75. The van der Waals surface area contributed by atoms with Crippen molar-refractivity contribution in [2.24, 2.45) is 0 Å². The molecule has 27 heavy (non-hydrogen) atoms. The van der Waals surface area contributed by atoms with Crippen molar-refractivity contribution in [1.82, 2.24) is 4.98 Å². The first-order valence-electron chi connectivity index (χ1n) is 8.82. The Hall–Kier alpha value is -1.76. The fourth-order valence-corrected chi connectivity index (χ4v) is 6.64. The van der Waals surface area contributed by atoms with Gasteiger partial charge in [0, 0.05) is 28.1 Å². The predicted octanol–water partition coefficient (Wildman–Crippen LogP) is 5.78. The number of aromatic nitrogens is 1. The molecule has 1 aromatic heterocycles. The number of nitrogens with zero attached hydrogens (tertiary/aromatic N) is 1. The summed E-state index contributed by atoms with van der Waals surface area (Å²) in [6, 6.07) is 16.5. The van der Waals surface area contributed by atoms with Gasteiger partial charge in [-0.2, -0.15) is 0 Å². The number of carbonyl (C=O) groups excluding carboxylic acids is 1. The Morgan fingerprint density at radius 1 is 1.15 bits per heavy atom. The average molecular weight is 413 g/mol. The van der Waals surface area contributed by atoms with Crippen LogP contribution in [0, 0.1) is 6.92 Å². The summed E-state index contributed by atoms with van der Waals surface area (Å²) in [5.41, 5.74) is 5.26. The number of carbonyl (C=O) groups is 1. The highest BCUT2D eigenvalue weighted by molar-refractivity contribution is 8.19. The van der Waals surface area contributed by atoms with Crippen molar-refractivity contribution in [3.63, 3.8) is 0 Å². The summed E-state index contributed by atoms with van der Waals surface area (Å²) in [6.45, 7) is 2.07. The Balaban J connectivity index is 1.40. The van der Waals surface area contributed by atoms with E-state index < -0.39 is 0 Å². The Kier molecular flexibility index (Phi) is 5.86. The molecule has 1 aliphatic heterocycles. The molecule has 0 bridgehead atoms. The van der Waals surface area contributed by atoms with Crippen molar-refractivity contribution in [3.8, 4) is 10.6 Å². The van der Waals surface area contributed by atoms with E-state index in [1.807, 2.05) is 47.1 Å². The molecule has 3 aromatic rings. The van der Waals surface area contributed by atoms with Crippen molar-refractivity contribution in [1.29, 1.82) is 0 Å². The van der Waals surface area contributed by atoms with Crippen molar-refractivity contribution in [2.75, 3.05) is 16.8 Å². The molecule has 0 unspecified atom stereocenters. The molecule has 138 valence electrons. The molecule has 0 atom stereocenters. The lowest BCUT2D eigenvalue weighted by molar-refractivity contribution is -0.115. The Labute approximate surface area is 172 Å². The maximum atomic E-state index is 12.5. The molecule has 6 heteroatoms. The first-order valence-corrected chi connectivity index (χ1v) is 11.8. The van der Waals surface area contributed by atoms with Gasteiger partial charge in [-0.3, -0.25) is 4.79 Å². The lowest BCUT2D eigenvalue weighted by Gasteiger charge is -2.11. The van der Waals surface area contributed by atoms with Crippen molar-refractivity contribution < 1.29 is 4.79 Å². The summed E-state index contributed by atoms with van der Waals surface area (Å²) < 4.78 is 0.484. The van der Waals surface area contributed by atoms with E-state index in [0.29, 0.717) is 11.0 Å². The van der Waals surface area contributed by atoms with Gasteiger partial charge in [0.25, 0.3) is 0 Å². The second kappa shape index (κ2) is 8.50. The number of anilines is 1. The summed E-state index contributed by atoms with van der Waals surface area (Å²) >= 11 is 5.52. The monoisotopic (exact) mass is 412 g/mol. The molecule has 3 nitrogen and oxygen atoms in total. The van der Waals surface area contributed by atoms with Crippen LogP contribution in [0.5, 0.6) is 0 Å². The molecule has 0 spiro atoms. The highest BCUT2D eigenvalue weighted by atomic mass is 32.2. The summed E-state index contributed by atoms with van der Waals surface area (Å²) in [5.74, 6) is 2.36. The SMILES string of the molecule is Cc1cccc(-c2nc(CC(=O)Nc3cccc(C4SCCS4)c3)cs2)c1. The van der Waals surface area contributed by atoms with Crippen LogP contribution in [0.4, 0.5) is 5.69 Å². The molecule has 0 aliphatic carbocycles. The zero-order valence-corrected chi connectivity index (χ0v) is 17.4. The average Bonchev–Trinajstić information content (AvgIpc) is 3.34. The van der Waals surface area contributed by atoms with E-state index in [1.54, 1.807) is 11.3 Å². The van der Waals surface area contributed by atoms with Gasteiger partial charge in [0.1, 0.15) is 5.01 Å². The Bertz CT molecular complexity index is 948.